The lowest BCUT2D eigenvalue weighted by Gasteiger charge is -2.10. The van der Waals surface area contributed by atoms with Crippen LogP contribution in [0.3, 0.4) is 0 Å². The van der Waals surface area contributed by atoms with E-state index in [0.29, 0.717) is 11.4 Å². The molecule has 0 aliphatic heterocycles. The average molecular weight is 412 g/mol. The molecule has 0 radical (unpaired) electrons. The highest BCUT2D eigenvalue weighted by atomic mass is 32.2. The van der Waals surface area contributed by atoms with Gasteiger partial charge in [0, 0.05) is 0 Å². The molecule has 148 valence electrons. The highest BCUT2D eigenvalue weighted by Gasteiger charge is 2.15. The number of amides is 1. The molecule has 29 heavy (non-hydrogen) atoms. The molecule has 3 aromatic rings. The fraction of sp³-hybridized carbons (Fsp3) is 0.111. The molecule has 0 fully saturated rings. The largest absolute Gasteiger partial charge is 0.545 e. The van der Waals surface area contributed by atoms with Crippen LogP contribution < -0.4 is 10.4 Å². The Morgan fingerprint density at radius 1 is 1.17 bits per heavy atom. The first kappa shape index (κ1) is 20.0. The molecular weight excluding hydrogens is 398 g/mol. The van der Waals surface area contributed by atoms with Crippen molar-refractivity contribution in [1.82, 2.24) is 20.2 Å². The number of benzene rings is 2. The van der Waals surface area contributed by atoms with Crippen molar-refractivity contribution < 1.29 is 24.2 Å². The van der Waals surface area contributed by atoms with Gasteiger partial charge in [-0.15, -0.1) is 5.10 Å². The van der Waals surface area contributed by atoms with Crippen molar-refractivity contribution in [2.45, 2.75) is 5.16 Å². The second-order valence-corrected chi connectivity index (χ2v) is 6.53. The van der Waals surface area contributed by atoms with E-state index in [1.54, 1.807) is 30.3 Å². The highest BCUT2D eigenvalue weighted by molar-refractivity contribution is 7.99. The first-order valence-corrected chi connectivity index (χ1v) is 9.18. The summed E-state index contributed by atoms with van der Waals surface area (Å²) in [6.45, 7) is 0. The van der Waals surface area contributed by atoms with E-state index in [0.717, 1.165) is 11.8 Å². The van der Waals surface area contributed by atoms with Crippen LogP contribution >= 0.6 is 11.8 Å². The Hall–Kier alpha value is -3.73. The number of nitrogens with zero attached hydrogens (tertiary/aromatic N) is 4. The zero-order valence-corrected chi connectivity index (χ0v) is 15.9. The van der Waals surface area contributed by atoms with E-state index in [-0.39, 0.29) is 27.9 Å². The summed E-state index contributed by atoms with van der Waals surface area (Å²) in [5.74, 6) is -2.32. The third kappa shape index (κ3) is 4.76. The topological polar surface area (TPSA) is 139 Å². The van der Waals surface area contributed by atoms with Crippen LogP contribution in [0.15, 0.2) is 53.7 Å². The predicted octanol–water partition coefficient (Wildman–Crippen LogP) is 0.543. The van der Waals surface area contributed by atoms with Gasteiger partial charge in [0.25, 0.3) is 0 Å². The molecular formula is C18H14N5O5S-. The van der Waals surface area contributed by atoms with Gasteiger partial charge in [-0.1, -0.05) is 36.0 Å². The third-order valence-corrected chi connectivity index (χ3v) is 4.63. The monoisotopic (exact) mass is 412 g/mol. The summed E-state index contributed by atoms with van der Waals surface area (Å²) in [6.07, 6.45) is 0. The summed E-state index contributed by atoms with van der Waals surface area (Å²) >= 11 is 1.05. The van der Waals surface area contributed by atoms with Crippen molar-refractivity contribution in [1.29, 1.82) is 0 Å². The number of carboxylic acids is 1. The number of carbonyl (C=O) groups is 3. The van der Waals surface area contributed by atoms with Crippen molar-refractivity contribution in [3.63, 3.8) is 0 Å². The molecule has 1 amide bonds. The van der Waals surface area contributed by atoms with Gasteiger partial charge in [0.15, 0.2) is 0 Å². The van der Waals surface area contributed by atoms with Gasteiger partial charge in [-0.3, -0.25) is 4.79 Å². The minimum absolute atomic E-state index is 0.0221. The van der Waals surface area contributed by atoms with Crippen molar-refractivity contribution in [2.24, 2.45) is 0 Å². The molecule has 2 aromatic carbocycles. The van der Waals surface area contributed by atoms with Crippen LogP contribution in [0.2, 0.25) is 0 Å². The van der Waals surface area contributed by atoms with E-state index in [9.17, 15) is 19.5 Å². The lowest BCUT2D eigenvalue weighted by Crippen LogP contribution is -2.22. The van der Waals surface area contributed by atoms with E-state index in [1.165, 1.54) is 30.0 Å². The molecule has 0 bridgehead atoms. The highest BCUT2D eigenvalue weighted by Crippen LogP contribution is 2.20. The first-order valence-electron chi connectivity index (χ1n) is 8.19. The molecule has 0 aliphatic carbocycles. The van der Waals surface area contributed by atoms with E-state index in [2.05, 4.69) is 20.8 Å². The number of methoxy groups -OCH3 is 1. The predicted molar refractivity (Wildman–Crippen MR) is 101 cm³/mol. The van der Waals surface area contributed by atoms with Crippen molar-refractivity contribution >= 4 is 35.3 Å². The lowest BCUT2D eigenvalue weighted by molar-refractivity contribution is -0.255. The van der Waals surface area contributed by atoms with E-state index in [4.69, 9.17) is 4.74 Å². The van der Waals surface area contributed by atoms with E-state index in [1.807, 2.05) is 0 Å². The first-order chi connectivity index (χ1) is 14.0. The number of anilines is 1. The normalized spacial score (nSPS) is 10.4. The minimum atomic E-state index is -1.32. The number of hydrogen-bond donors (Lipinski definition) is 1. The summed E-state index contributed by atoms with van der Waals surface area (Å²) in [5, 5.41) is 25.2. The third-order valence-electron chi connectivity index (χ3n) is 3.71. The van der Waals surface area contributed by atoms with Crippen molar-refractivity contribution in [3.8, 4) is 5.69 Å². The smallest absolute Gasteiger partial charge is 0.339 e. The number of thioether (sulfide) groups is 1. The second kappa shape index (κ2) is 8.97. The van der Waals surface area contributed by atoms with Gasteiger partial charge in [-0.2, -0.15) is 4.68 Å². The Morgan fingerprint density at radius 3 is 2.72 bits per heavy atom. The van der Waals surface area contributed by atoms with Crippen LogP contribution in [0.4, 0.5) is 5.69 Å². The summed E-state index contributed by atoms with van der Waals surface area (Å²) in [6, 6.07) is 12.4. The molecule has 0 unspecified atom stereocenters. The average Bonchev–Trinajstić information content (AvgIpc) is 3.21. The Morgan fingerprint density at radius 2 is 1.97 bits per heavy atom. The maximum atomic E-state index is 12.3. The molecule has 11 heteroatoms. The number of carbonyl (C=O) groups excluding carboxylic acids is 3. The number of aromatic nitrogens is 4. The Bertz CT molecular complexity index is 1070. The van der Waals surface area contributed by atoms with Gasteiger partial charge in [0.05, 0.1) is 35.8 Å². The van der Waals surface area contributed by atoms with Gasteiger partial charge in [0.2, 0.25) is 11.1 Å². The summed E-state index contributed by atoms with van der Waals surface area (Å²) in [7, 11) is 1.26. The van der Waals surface area contributed by atoms with Crippen LogP contribution in [0.5, 0.6) is 0 Å². The standard InChI is InChI=1S/C18H15N5O5S/c1-28-17(27)13-7-2-3-8-14(13)19-15(24)10-29-18-20-21-22-23(18)12-6-4-5-11(9-12)16(25)26/h2-9H,10H2,1H3,(H,19,24)(H,25,26)/p-1. The quantitative estimate of drug-likeness (QED) is 0.435. The number of esters is 1. The molecule has 0 saturated heterocycles. The SMILES string of the molecule is COC(=O)c1ccccc1NC(=O)CSc1nnnn1-c1cccc(C(=O)[O-])c1. The number of aromatic carboxylic acids is 1. The Kier molecular flexibility index (Phi) is 6.19. The van der Waals surface area contributed by atoms with Gasteiger partial charge in [0.1, 0.15) is 0 Å². The van der Waals surface area contributed by atoms with Gasteiger partial charge < -0.3 is 20.0 Å². The number of rotatable bonds is 7. The van der Waals surface area contributed by atoms with Crippen LogP contribution in [0.1, 0.15) is 20.7 Å². The lowest BCUT2D eigenvalue weighted by atomic mass is 10.2. The zero-order chi connectivity index (χ0) is 20.8. The maximum absolute atomic E-state index is 12.3. The number of hydrogen-bond acceptors (Lipinski definition) is 9. The molecule has 3 rings (SSSR count). The summed E-state index contributed by atoms with van der Waals surface area (Å²) < 4.78 is 6.01. The number of para-hydroxylation sites is 1. The van der Waals surface area contributed by atoms with Crippen LogP contribution in [0, 0.1) is 0 Å². The molecule has 1 aromatic heterocycles. The van der Waals surface area contributed by atoms with Crippen LogP contribution in [-0.4, -0.2) is 50.9 Å². The fourth-order valence-electron chi connectivity index (χ4n) is 2.39. The number of tetrazole rings is 1. The molecule has 0 saturated carbocycles. The second-order valence-electron chi connectivity index (χ2n) is 5.59. The Labute approximate surface area is 168 Å². The Balaban J connectivity index is 1.70. The molecule has 10 nitrogen and oxygen atoms in total. The van der Waals surface area contributed by atoms with E-state index < -0.39 is 11.9 Å². The summed E-state index contributed by atoms with van der Waals surface area (Å²) in [4.78, 5) is 35.1. The fourth-order valence-corrected chi connectivity index (χ4v) is 3.08. The van der Waals surface area contributed by atoms with Crippen molar-refractivity contribution in [2.75, 3.05) is 18.2 Å². The van der Waals surface area contributed by atoms with Gasteiger partial charge >= 0.3 is 5.97 Å². The molecule has 0 atom stereocenters. The van der Waals surface area contributed by atoms with Crippen LogP contribution in [0.25, 0.3) is 5.69 Å². The molecule has 1 heterocycles. The number of nitrogens with one attached hydrogen (secondary N) is 1. The molecule has 1 N–H and O–H groups in total. The van der Waals surface area contributed by atoms with Gasteiger partial charge in [-0.25, -0.2) is 4.79 Å². The molecule has 0 aliphatic rings. The maximum Gasteiger partial charge on any atom is 0.339 e. The van der Waals surface area contributed by atoms with Gasteiger partial charge in [-0.05, 0) is 40.3 Å². The summed E-state index contributed by atoms with van der Waals surface area (Å²) in [5.41, 5.74) is 0.949. The van der Waals surface area contributed by atoms with E-state index >= 15 is 0 Å². The minimum Gasteiger partial charge on any atom is -0.545 e. The zero-order valence-electron chi connectivity index (χ0n) is 15.1. The van der Waals surface area contributed by atoms with Crippen LogP contribution in [-0.2, 0) is 9.53 Å². The number of carboxylic acid groups (broad SMARTS) is 1. The molecule has 0 spiro atoms. The number of ether oxygens (including phenoxy) is 1. The van der Waals surface area contributed by atoms with Crippen molar-refractivity contribution in [3.05, 3.63) is 59.7 Å².